The van der Waals surface area contributed by atoms with E-state index >= 15 is 0 Å². The highest BCUT2D eigenvalue weighted by atomic mass is 79.9. The van der Waals surface area contributed by atoms with Crippen LogP contribution in [-0.4, -0.2) is 22.7 Å². The summed E-state index contributed by atoms with van der Waals surface area (Å²) in [6.07, 6.45) is -9.04. The molecule has 2 nitrogen and oxygen atoms in total. The highest BCUT2D eigenvalue weighted by Crippen LogP contribution is 2.35. The van der Waals surface area contributed by atoms with Crippen molar-refractivity contribution in [2.75, 3.05) is 11.2 Å². The number of anilines is 1. The fourth-order valence-electron chi connectivity index (χ4n) is 1.23. The predicted molar refractivity (Wildman–Crippen MR) is 79.0 cm³/mol. The van der Waals surface area contributed by atoms with E-state index in [1.165, 1.54) is 12.1 Å². The molecule has 1 N–H and O–H groups in total. The molecule has 0 unspecified atom stereocenters. The molecule has 0 amide bonds. The van der Waals surface area contributed by atoms with Gasteiger partial charge in [-0.05, 0) is 40.5 Å². The zero-order chi connectivity index (χ0) is 17.1. The molecule has 0 aromatic heterocycles. The molecule has 1 aromatic rings. The second-order valence-electron chi connectivity index (χ2n) is 4.01. The fraction of sp³-hybridized carbons (Fsp3) is 0.364. The SMILES string of the molecule is Cc1cc(Cl)c(NN=C(Br)C(F)(F)F)cc1SCC(F)(F)F. The summed E-state index contributed by atoms with van der Waals surface area (Å²) in [4.78, 5) is 0.238. The average Bonchev–Trinajstić information content (AvgIpc) is 2.33. The minimum atomic E-state index is -4.68. The quantitative estimate of drug-likeness (QED) is 0.275. The predicted octanol–water partition coefficient (Wildman–Crippen LogP) is 5.99. The van der Waals surface area contributed by atoms with Crippen molar-refractivity contribution in [2.24, 2.45) is 5.10 Å². The monoisotopic (exact) mass is 428 g/mol. The Bertz CT molecular complexity index is 573. The van der Waals surface area contributed by atoms with Crippen molar-refractivity contribution in [2.45, 2.75) is 24.2 Å². The summed E-state index contributed by atoms with van der Waals surface area (Å²) in [5, 5.41) is 3.09. The number of thioether (sulfide) groups is 1. The Morgan fingerprint density at radius 1 is 1.27 bits per heavy atom. The maximum Gasteiger partial charge on any atom is 0.441 e. The lowest BCUT2D eigenvalue weighted by Gasteiger charge is -2.12. The summed E-state index contributed by atoms with van der Waals surface area (Å²) in [7, 11) is 0. The first-order chi connectivity index (χ1) is 9.90. The lowest BCUT2D eigenvalue weighted by atomic mass is 10.2. The number of benzene rings is 1. The van der Waals surface area contributed by atoms with Gasteiger partial charge in [0.15, 0.2) is 0 Å². The minimum Gasteiger partial charge on any atom is -0.276 e. The van der Waals surface area contributed by atoms with Gasteiger partial charge in [0.05, 0.1) is 16.5 Å². The van der Waals surface area contributed by atoms with Crippen molar-refractivity contribution in [1.82, 2.24) is 0 Å². The number of rotatable bonds is 4. The maximum absolute atomic E-state index is 12.3. The van der Waals surface area contributed by atoms with E-state index in [0.29, 0.717) is 17.3 Å². The van der Waals surface area contributed by atoms with E-state index in [1.807, 2.05) is 0 Å². The molecule has 0 atom stereocenters. The molecule has 0 bridgehead atoms. The smallest absolute Gasteiger partial charge is 0.276 e. The van der Waals surface area contributed by atoms with Crippen molar-refractivity contribution in [3.63, 3.8) is 0 Å². The summed E-state index contributed by atoms with van der Waals surface area (Å²) < 4.78 is 72.2. The first kappa shape index (κ1) is 19.4. The van der Waals surface area contributed by atoms with Gasteiger partial charge in [-0.25, -0.2) is 0 Å². The summed E-state index contributed by atoms with van der Waals surface area (Å²) in [6.45, 7) is 1.54. The molecule has 0 aliphatic carbocycles. The molecule has 0 aliphatic heterocycles. The van der Waals surface area contributed by atoms with Crippen LogP contribution in [-0.2, 0) is 0 Å². The van der Waals surface area contributed by atoms with Gasteiger partial charge < -0.3 is 0 Å². The summed E-state index contributed by atoms with van der Waals surface area (Å²) in [6, 6.07) is 2.56. The number of hydrogen-bond donors (Lipinski definition) is 1. The van der Waals surface area contributed by atoms with Crippen LogP contribution in [0.4, 0.5) is 32.0 Å². The van der Waals surface area contributed by atoms with E-state index in [0.717, 1.165) is 0 Å². The molecule has 11 heteroatoms. The molecule has 22 heavy (non-hydrogen) atoms. The molecule has 0 saturated carbocycles. The third-order valence-electron chi connectivity index (χ3n) is 2.16. The number of hydrogen-bond acceptors (Lipinski definition) is 3. The van der Waals surface area contributed by atoms with E-state index in [4.69, 9.17) is 11.6 Å². The van der Waals surface area contributed by atoms with Crippen molar-refractivity contribution in [3.05, 3.63) is 22.7 Å². The molecular weight excluding hydrogens is 422 g/mol. The van der Waals surface area contributed by atoms with Crippen LogP contribution in [0.5, 0.6) is 0 Å². The van der Waals surface area contributed by atoms with Crippen LogP contribution in [0.3, 0.4) is 0 Å². The highest BCUT2D eigenvalue weighted by Gasteiger charge is 2.34. The summed E-state index contributed by atoms with van der Waals surface area (Å²) >= 11 is 8.58. The topological polar surface area (TPSA) is 24.4 Å². The lowest BCUT2D eigenvalue weighted by molar-refractivity contribution is -0.105. The Morgan fingerprint density at radius 2 is 1.86 bits per heavy atom. The third kappa shape index (κ3) is 6.25. The van der Waals surface area contributed by atoms with Crippen LogP contribution in [0.1, 0.15) is 5.56 Å². The van der Waals surface area contributed by atoms with Crippen molar-refractivity contribution in [3.8, 4) is 0 Å². The molecule has 0 heterocycles. The van der Waals surface area contributed by atoms with E-state index in [9.17, 15) is 26.3 Å². The van der Waals surface area contributed by atoms with Crippen molar-refractivity contribution in [1.29, 1.82) is 0 Å². The lowest BCUT2D eigenvalue weighted by Crippen LogP contribution is -2.18. The van der Waals surface area contributed by atoms with Gasteiger partial charge in [-0.1, -0.05) is 11.6 Å². The maximum atomic E-state index is 12.3. The number of hydrazone groups is 1. The second kappa shape index (κ2) is 7.31. The number of nitrogens with zero attached hydrogens (tertiary/aromatic N) is 1. The number of halogens is 8. The Morgan fingerprint density at radius 3 is 2.36 bits per heavy atom. The van der Waals surface area contributed by atoms with Gasteiger partial charge >= 0.3 is 12.4 Å². The molecule has 124 valence electrons. The van der Waals surface area contributed by atoms with E-state index < -0.39 is 22.7 Å². The van der Waals surface area contributed by atoms with E-state index in [2.05, 4.69) is 26.5 Å². The first-order valence-electron chi connectivity index (χ1n) is 5.46. The Labute approximate surface area is 139 Å². The Kier molecular flexibility index (Phi) is 6.46. The molecule has 1 aromatic carbocycles. The molecule has 0 aliphatic rings. The molecular formula is C11H8BrClF6N2S. The standard InChI is InChI=1S/C11H8BrClF6N2S/c1-5-2-6(13)7(20-21-9(12)11(17,18)19)3-8(5)22-4-10(14,15)16/h2-3,20H,4H2,1H3. The van der Waals surface area contributed by atoms with Gasteiger partial charge in [-0.15, -0.1) is 11.8 Å². The van der Waals surface area contributed by atoms with Crippen LogP contribution in [0.2, 0.25) is 5.02 Å². The van der Waals surface area contributed by atoms with Gasteiger partial charge in [0.25, 0.3) is 0 Å². The average molecular weight is 430 g/mol. The molecule has 0 fully saturated rings. The number of nitrogens with one attached hydrogen (secondary N) is 1. The molecule has 0 spiro atoms. The first-order valence-corrected chi connectivity index (χ1v) is 7.62. The zero-order valence-electron chi connectivity index (χ0n) is 10.7. The van der Waals surface area contributed by atoms with Gasteiger partial charge in [0, 0.05) is 4.90 Å². The van der Waals surface area contributed by atoms with Gasteiger partial charge in [-0.3, -0.25) is 5.43 Å². The van der Waals surface area contributed by atoms with Gasteiger partial charge in [-0.2, -0.15) is 31.4 Å². The second-order valence-corrected chi connectivity index (χ2v) is 6.19. The molecule has 1 rings (SSSR count). The van der Waals surface area contributed by atoms with Crippen LogP contribution in [0.25, 0.3) is 0 Å². The van der Waals surface area contributed by atoms with E-state index in [1.54, 1.807) is 6.92 Å². The molecule has 0 radical (unpaired) electrons. The Hall–Kier alpha value is -0.610. The summed E-state index contributed by atoms with van der Waals surface area (Å²) in [5.74, 6) is -1.12. The number of aryl methyl sites for hydroxylation is 1. The van der Waals surface area contributed by atoms with Crippen LogP contribution in [0, 0.1) is 6.92 Å². The normalized spacial score (nSPS) is 13.4. The van der Waals surface area contributed by atoms with Crippen LogP contribution >= 0.6 is 39.3 Å². The minimum absolute atomic E-state index is 0.0295. The third-order valence-corrected chi connectivity index (χ3v) is 4.33. The van der Waals surface area contributed by atoms with Crippen molar-refractivity contribution < 1.29 is 26.3 Å². The zero-order valence-corrected chi connectivity index (χ0v) is 13.9. The van der Waals surface area contributed by atoms with Crippen molar-refractivity contribution >= 4 is 49.6 Å². The Balaban J connectivity index is 2.97. The van der Waals surface area contributed by atoms with Crippen LogP contribution < -0.4 is 5.43 Å². The van der Waals surface area contributed by atoms with E-state index in [-0.39, 0.29) is 15.6 Å². The molecule has 0 saturated heterocycles. The fourth-order valence-corrected chi connectivity index (χ4v) is 2.38. The summed E-state index contributed by atoms with van der Waals surface area (Å²) in [5.41, 5.74) is 2.52. The van der Waals surface area contributed by atoms with Gasteiger partial charge in [0.1, 0.15) is 0 Å². The largest absolute Gasteiger partial charge is 0.441 e. The van der Waals surface area contributed by atoms with Gasteiger partial charge in [0.2, 0.25) is 4.62 Å². The number of alkyl halides is 6. The highest BCUT2D eigenvalue weighted by molar-refractivity contribution is 9.18. The van der Waals surface area contributed by atoms with Crippen LogP contribution in [0.15, 0.2) is 22.1 Å².